The maximum Gasteiger partial charge on any atom is 0.416 e. The molecule has 0 atom stereocenters. The molecule has 0 aliphatic rings. The number of nitrogens with zero attached hydrogens (tertiary/aromatic N) is 1. The molecular formula is C13H10F3N3O. The van der Waals surface area contributed by atoms with E-state index >= 15 is 0 Å². The van der Waals surface area contributed by atoms with Crippen LogP contribution in [0.4, 0.5) is 19.1 Å². The summed E-state index contributed by atoms with van der Waals surface area (Å²) in [4.78, 5) is 2.92. The third-order valence-corrected chi connectivity index (χ3v) is 3.10. The van der Waals surface area contributed by atoms with E-state index in [4.69, 9.17) is 10.3 Å². The Labute approximate surface area is 111 Å². The van der Waals surface area contributed by atoms with Gasteiger partial charge in [0.25, 0.3) is 0 Å². The van der Waals surface area contributed by atoms with Gasteiger partial charge in [-0.3, -0.25) is 0 Å². The van der Waals surface area contributed by atoms with Crippen molar-refractivity contribution in [2.24, 2.45) is 0 Å². The van der Waals surface area contributed by atoms with Crippen molar-refractivity contribution in [2.75, 3.05) is 5.73 Å². The fourth-order valence-corrected chi connectivity index (χ4v) is 2.25. The van der Waals surface area contributed by atoms with E-state index in [0.29, 0.717) is 27.9 Å². The third kappa shape index (κ3) is 1.91. The maximum atomic E-state index is 12.7. The quantitative estimate of drug-likeness (QED) is 0.714. The number of hydrogen-bond donors (Lipinski definition) is 2. The zero-order valence-electron chi connectivity index (χ0n) is 10.4. The average Bonchev–Trinajstić information content (AvgIpc) is 2.89. The number of benzene rings is 1. The van der Waals surface area contributed by atoms with Gasteiger partial charge in [0.2, 0.25) is 5.88 Å². The molecule has 0 aliphatic heterocycles. The van der Waals surface area contributed by atoms with E-state index in [1.54, 1.807) is 6.92 Å². The Bertz CT molecular complexity index is 786. The Morgan fingerprint density at radius 3 is 2.60 bits per heavy atom. The Morgan fingerprint density at radius 2 is 2.00 bits per heavy atom. The summed E-state index contributed by atoms with van der Waals surface area (Å²) in [6.07, 6.45) is -4.37. The molecule has 0 aliphatic carbocycles. The number of H-pyrrole nitrogens is 1. The zero-order valence-corrected chi connectivity index (χ0v) is 10.4. The van der Waals surface area contributed by atoms with Crippen LogP contribution in [0, 0.1) is 6.92 Å². The highest BCUT2D eigenvalue weighted by Gasteiger charge is 2.31. The second-order valence-electron chi connectivity index (χ2n) is 4.50. The first-order chi connectivity index (χ1) is 9.36. The molecule has 0 saturated carbocycles. The Morgan fingerprint density at radius 1 is 1.25 bits per heavy atom. The summed E-state index contributed by atoms with van der Waals surface area (Å²) in [5.41, 5.74) is 7.05. The summed E-state index contributed by atoms with van der Waals surface area (Å²) in [6, 6.07) is 5.08. The van der Waals surface area contributed by atoms with Gasteiger partial charge >= 0.3 is 6.18 Å². The minimum Gasteiger partial charge on any atom is -0.368 e. The fourth-order valence-electron chi connectivity index (χ4n) is 2.25. The van der Waals surface area contributed by atoms with Gasteiger partial charge in [0.05, 0.1) is 5.56 Å². The van der Waals surface area contributed by atoms with Crippen molar-refractivity contribution in [2.45, 2.75) is 13.1 Å². The Balaban J connectivity index is 2.22. The number of alkyl halides is 3. The standard InChI is InChI=1S/C13H10F3N3O/c1-6-12(10-5-11(17)20-19-10)8-3-2-7(13(14,15)16)4-9(8)18-6/h2-5,18H,17H2,1H3. The molecule has 0 amide bonds. The topological polar surface area (TPSA) is 67.8 Å². The monoisotopic (exact) mass is 281 g/mol. The first kappa shape index (κ1) is 12.6. The summed E-state index contributed by atoms with van der Waals surface area (Å²) in [5.74, 6) is 0.153. The molecular weight excluding hydrogens is 271 g/mol. The van der Waals surface area contributed by atoms with Gasteiger partial charge in [0.15, 0.2) is 0 Å². The molecule has 2 heterocycles. The number of fused-ring (bicyclic) bond motifs is 1. The van der Waals surface area contributed by atoms with Crippen LogP contribution < -0.4 is 5.73 Å². The number of anilines is 1. The van der Waals surface area contributed by atoms with Gasteiger partial charge in [-0.05, 0) is 19.1 Å². The minimum atomic E-state index is -4.37. The van der Waals surface area contributed by atoms with E-state index in [-0.39, 0.29) is 5.88 Å². The third-order valence-electron chi connectivity index (χ3n) is 3.10. The second kappa shape index (κ2) is 4.03. The normalized spacial score (nSPS) is 12.2. The van der Waals surface area contributed by atoms with Gasteiger partial charge < -0.3 is 15.2 Å². The van der Waals surface area contributed by atoms with E-state index in [2.05, 4.69) is 10.1 Å². The molecule has 4 nitrogen and oxygen atoms in total. The van der Waals surface area contributed by atoms with Crippen molar-refractivity contribution < 1.29 is 17.7 Å². The molecule has 104 valence electrons. The SMILES string of the molecule is Cc1[nH]c2cc(C(F)(F)F)ccc2c1-c1cc(N)on1. The van der Waals surface area contributed by atoms with Crippen molar-refractivity contribution in [3.63, 3.8) is 0 Å². The lowest BCUT2D eigenvalue weighted by atomic mass is 10.1. The number of aryl methyl sites for hydroxylation is 1. The van der Waals surface area contributed by atoms with Crippen molar-refractivity contribution in [3.05, 3.63) is 35.5 Å². The highest BCUT2D eigenvalue weighted by molar-refractivity contribution is 5.97. The Hall–Kier alpha value is -2.44. The van der Waals surface area contributed by atoms with Crippen LogP contribution in [0.2, 0.25) is 0 Å². The molecule has 2 aromatic heterocycles. The molecule has 1 aromatic carbocycles. The number of aromatic nitrogens is 2. The number of aromatic amines is 1. The zero-order chi connectivity index (χ0) is 14.5. The van der Waals surface area contributed by atoms with E-state index in [0.717, 1.165) is 12.1 Å². The molecule has 7 heteroatoms. The van der Waals surface area contributed by atoms with Crippen LogP contribution in [0.5, 0.6) is 0 Å². The van der Waals surface area contributed by atoms with Crippen LogP contribution in [0.25, 0.3) is 22.2 Å². The van der Waals surface area contributed by atoms with Crippen LogP contribution in [0.3, 0.4) is 0 Å². The number of halogens is 3. The molecule has 20 heavy (non-hydrogen) atoms. The van der Waals surface area contributed by atoms with E-state index in [1.807, 2.05) is 0 Å². The predicted molar refractivity (Wildman–Crippen MR) is 67.9 cm³/mol. The number of hydrogen-bond acceptors (Lipinski definition) is 3. The largest absolute Gasteiger partial charge is 0.416 e. The molecule has 0 radical (unpaired) electrons. The highest BCUT2D eigenvalue weighted by Crippen LogP contribution is 2.36. The molecule has 3 aromatic rings. The second-order valence-corrected chi connectivity index (χ2v) is 4.50. The van der Waals surface area contributed by atoms with Crippen molar-refractivity contribution in [3.8, 4) is 11.3 Å². The molecule has 0 fully saturated rings. The summed E-state index contributed by atoms with van der Waals surface area (Å²) in [5, 5.41) is 4.44. The number of nitrogens with one attached hydrogen (secondary N) is 1. The van der Waals surface area contributed by atoms with Crippen LogP contribution >= 0.6 is 0 Å². The molecule has 0 spiro atoms. The van der Waals surface area contributed by atoms with Gasteiger partial charge in [-0.1, -0.05) is 11.2 Å². The molecule has 0 saturated heterocycles. The summed E-state index contributed by atoms with van der Waals surface area (Å²) in [6.45, 7) is 1.76. The number of nitrogen functional groups attached to an aromatic ring is 1. The van der Waals surface area contributed by atoms with Gasteiger partial charge in [0.1, 0.15) is 5.69 Å². The summed E-state index contributed by atoms with van der Waals surface area (Å²) in [7, 11) is 0. The van der Waals surface area contributed by atoms with Crippen LogP contribution in [-0.4, -0.2) is 10.1 Å². The molecule has 0 bridgehead atoms. The molecule has 3 rings (SSSR count). The maximum absolute atomic E-state index is 12.7. The van der Waals surface area contributed by atoms with E-state index < -0.39 is 11.7 Å². The average molecular weight is 281 g/mol. The van der Waals surface area contributed by atoms with Crippen LogP contribution in [0.15, 0.2) is 28.8 Å². The van der Waals surface area contributed by atoms with Crippen molar-refractivity contribution in [1.82, 2.24) is 10.1 Å². The fraction of sp³-hybridized carbons (Fsp3) is 0.154. The predicted octanol–water partition coefficient (Wildman–Crippen LogP) is 3.73. The van der Waals surface area contributed by atoms with Crippen molar-refractivity contribution >= 4 is 16.8 Å². The summed E-state index contributed by atoms with van der Waals surface area (Å²) < 4.78 is 42.9. The van der Waals surface area contributed by atoms with Crippen molar-refractivity contribution in [1.29, 1.82) is 0 Å². The van der Waals surface area contributed by atoms with Gasteiger partial charge in [0, 0.05) is 28.2 Å². The van der Waals surface area contributed by atoms with Crippen LogP contribution in [0.1, 0.15) is 11.3 Å². The van der Waals surface area contributed by atoms with E-state index in [9.17, 15) is 13.2 Å². The Kier molecular flexibility index (Phi) is 2.53. The lowest BCUT2D eigenvalue weighted by Crippen LogP contribution is -2.04. The summed E-state index contributed by atoms with van der Waals surface area (Å²) >= 11 is 0. The number of rotatable bonds is 1. The lowest BCUT2D eigenvalue weighted by molar-refractivity contribution is -0.137. The van der Waals surface area contributed by atoms with Gasteiger partial charge in [-0.15, -0.1) is 0 Å². The molecule has 3 N–H and O–H groups in total. The van der Waals surface area contributed by atoms with Gasteiger partial charge in [-0.25, -0.2) is 0 Å². The molecule has 0 unspecified atom stereocenters. The van der Waals surface area contributed by atoms with Gasteiger partial charge in [-0.2, -0.15) is 13.2 Å². The minimum absolute atomic E-state index is 0.153. The van der Waals surface area contributed by atoms with E-state index in [1.165, 1.54) is 12.1 Å². The smallest absolute Gasteiger partial charge is 0.368 e. The van der Waals surface area contributed by atoms with Crippen LogP contribution in [-0.2, 0) is 6.18 Å². The first-order valence-electron chi connectivity index (χ1n) is 5.78. The lowest BCUT2D eigenvalue weighted by Gasteiger charge is -2.06. The highest BCUT2D eigenvalue weighted by atomic mass is 19.4. The first-order valence-corrected chi connectivity index (χ1v) is 5.78. The number of nitrogens with two attached hydrogens (primary N) is 1.